The summed E-state index contributed by atoms with van der Waals surface area (Å²) in [6.07, 6.45) is 0.178. The van der Waals surface area contributed by atoms with Crippen molar-refractivity contribution in [2.45, 2.75) is 32.5 Å². The molecule has 0 bridgehead atoms. The lowest BCUT2D eigenvalue weighted by molar-refractivity contribution is 0.0559. The molecule has 3 heteroatoms. The Morgan fingerprint density at radius 2 is 1.88 bits per heavy atom. The van der Waals surface area contributed by atoms with Crippen LogP contribution in [0.15, 0.2) is 24.3 Å². The minimum atomic E-state index is -0.481. The number of ether oxygens (including phenoxy) is 2. The monoisotopic (exact) mass is 224 g/mol. The molecular weight excluding hydrogens is 204 g/mol. The van der Waals surface area contributed by atoms with Crippen LogP contribution >= 0.6 is 0 Å². The van der Waals surface area contributed by atoms with Crippen molar-refractivity contribution >= 4 is 0 Å². The number of aliphatic hydroxyl groups is 1. The van der Waals surface area contributed by atoms with Crippen LogP contribution in [0.3, 0.4) is 0 Å². The molecule has 2 unspecified atom stereocenters. The average molecular weight is 224 g/mol. The zero-order chi connectivity index (χ0) is 12.0. The average Bonchev–Trinajstić information content (AvgIpc) is 2.30. The largest absolute Gasteiger partial charge is 0.494 e. The highest BCUT2D eigenvalue weighted by Gasteiger charge is 2.11. The molecule has 0 saturated carbocycles. The Balaban J connectivity index is 2.59. The van der Waals surface area contributed by atoms with Crippen molar-refractivity contribution in [1.29, 1.82) is 0 Å². The third-order valence-corrected chi connectivity index (χ3v) is 2.53. The zero-order valence-corrected chi connectivity index (χ0v) is 10.1. The normalized spacial score (nSPS) is 14.5. The highest BCUT2D eigenvalue weighted by atomic mass is 16.5. The molecule has 0 aromatic heterocycles. The molecule has 2 atom stereocenters. The summed E-state index contributed by atoms with van der Waals surface area (Å²) in [6.45, 7) is 4.55. The van der Waals surface area contributed by atoms with Gasteiger partial charge in [0, 0.05) is 13.5 Å². The van der Waals surface area contributed by atoms with Gasteiger partial charge < -0.3 is 14.6 Å². The van der Waals surface area contributed by atoms with Gasteiger partial charge in [0.15, 0.2) is 0 Å². The zero-order valence-electron chi connectivity index (χ0n) is 10.1. The van der Waals surface area contributed by atoms with Gasteiger partial charge in [0.05, 0.1) is 18.8 Å². The van der Waals surface area contributed by atoms with Gasteiger partial charge in [-0.3, -0.25) is 0 Å². The van der Waals surface area contributed by atoms with Crippen molar-refractivity contribution in [1.82, 2.24) is 0 Å². The number of benzene rings is 1. The molecule has 0 spiro atoms. The lowest BCUT2D eigenvalue weighted by Crippen LogP contribution is -2.10. The molecule has 0 radical (unpaired) electrons. The number of hydrogen-bond acceptors (Lipinski definition) is 3. The fraction of sp³-hybridized carbons (Fsp3) is 0.538. The van der Waals surface area contributed by atoms with Gasteiger partial charge in [-0.15, -0.1) is 0 Å². The maximum Gasteiger partial charge on any atom is 0.119 e. The third-order valence-electron chi connectivity index (χ3n) is 2.53. The van der Waals surface area contributed by atoms with E-state index in [-0.39, 0.29) is 6.10 Å². The minimum absolute atomic E-state index is 0.0570. The smallest absolute Gasteiger partial charge is 0.119 e. The Labute approximate surface area is 97.0 Å². The summed E-state index contributed by atoms with van der Waals surface area (Å²) in [6, 6.07) is 7.52. The molecule has 0 aliphatic rings. The van der Waals surface area contributed by atoms with E-state index >= 15 is 0 Å². The molecular formula is C13H20O3. The van der Waals surface area contributed by atoms with Gasteiger partial charge in [0.25, 0.3) is 0 Å². The Kier molecular flexibility index (Phi) is 5.29. The van der Waals surface area contributed by atoms with Gasteiger partial charge in [-0.05, 0) is 31.5 Å². The predicted octanol–water partition coefficient (Wildman–Crippen LogP) is 2.54. The minimum Gasteiger partial charge on any atom is -0.494 e. The van der Waals surface area contributed by atoms with Crippen LogP contribution < -0.4 is 4.74 Å². The van der Waals surface area contributed by atoms with E-state index in [1.165, 1.54) is 0 Å². The lowest BCUT2D eigenvalue weighted by Gasteiger charge is -2.15. The molecule has 90 valence electrons. The molecule has 0 saturated heterocycles. The van der Waals surface area contributed by atoms with Gasteiger partial charge >= 0.3 is 0 Å². The highest BCUT2D eigenvalue weighted by molar-refractivity contribution is 5.28. The Morgan fingerprint density at radius 3 is 2.38 bits per heavy atom. The van der Waals surface area contributed by atoms with E-state index in [1.807, 2.05) is 38.1 Å². The maximum absolute atomic E-state index is 9.92. The quantitative estimate of drug-likeness (QED) is 0.807. The fourth-order valence-electron chi connectivity index (χ4n) is 1.50. The van der Waals surface area contributed by atoms with E-state index in [9.17, 15) is 5.11 Å². The van der Waals surface area contributed by atoms with Crippen LogP contribution in [0, 0.1) is 0 Å². The number of methoxy groups -OCH3 is 1. The highest BCUT2D eigenvalue weighted by Crippen LogP contribution is 2.21. The number of aliphatic hydroxyl groups excluding tert-OH is 1. The summed E-state index contributed by atoms with van der Waals surface area (Å²) in [5.74, 6) is 0.832. The Hall–Kier alpha value is -1.06. The second kappa shape index (κ2) is 6.51. The second-order valence-corrected chi connectivity index (χ2v) is 3.80. The summed E-state index contributed by atoms with van der Waals surface area (Å²) >= 11 is 0. The van der Waals surface area contributed by atoms with Gasteiger partial charge in [0.1, 0.15) is 5.75 Å². The Morgan fingerprint density at radius 1 is 1.25 bits per heavy atom. The van der Waals surface area contributed by atoms with E-state index in [0.29, 0.717) is 13.0 Å². The van der Waals surface area contributed by atoms with Crippen molar-refractivity contribution in [3.63, 3.8) is 0 Å². The van der Waals surface area contributed by atoms with E-state index in [2.05, 4.69) is 0 Å². The summed E-state index contributed by atoms with van der Waals surface area (Å²) in [5, 5.41) is 9.92. The van der Waals surface area contributed by atoms with Crippen LogP contribution in [0.4, 0.5) is 0 Å². The summed E-state index contributed by atoms with van der Waals surface area (Å²) in [7, 11) is 1.65. The van der Waals surface area contributed by atoms with Crippen LogP contribution in [-0.4, -0.2) is 24.9 Å². The van der Waals surface area contributed by atoms with Crippen molar-refractivity contribution in [3.05, 3.63) is 29.8 Å². The van der Waals surface area contributed by atoms with Crippen LogP contribution in [0.1, 0.15) is 31.9 Å². The standard InChI is InChI=1S/C13H20O3/c1-4-16-12-7-5-11(6-8-12)13(14)9-10(2)15-3/h5-8,10,13-14H,4,9H2,1-3H3. The first-order valence-corrected chi connectivity index (χ1v) is 5.61. The molecule has 1 aromatic carbocycles. The van der Waals surface area contributed by atoms with Gasteiger partial charge in [-0.1, -0.05) is 12.1 Å². The molecule has 16 heavy (non-hydrogen) atoms. The van der Waals surface area contributed by atoms with E-state index < -0.39 is 6.10 Å². The fourth-order valence-corrected chi connectivity index (χ4v) is 1.50. The van der Waals surface area contributed by atoms with E-state index in [4.69, 9.17) is 9.47 Å². The lowest BCUT2D eigenvalue weighted by atomic mass is 10.0. The molecule has 1 aromatic rings. The summed E-state index contributed by atoms with van der Waals surface area (Å²) < 4.78 is 10.5. The third kappa shape index (κ3) is 3.83. The van der Waals surface area contributed by atoms with E-state index in [0.717, 1.165) is 11.3 Å². The number of hydrogen-bond donors (Lipinski definition) is 1. The second-order valence-electron chi connectivity index (χ2n) is 3.80. The van der Waals surface area contributed by atoms with Crippen LogP contribution in [0.2, 0.25) is 0 Å². The van der Waals surface area contributed by atoms with Crippen LogP contribution in [0.5, 0.6) is 5.75 Å². The first-order chi connectivity index (χ1) is 7.67. The van der Waals surface area contributed by atoms with Crippen molar-refractivity contribution < 1.29 is 14.6 Å². The molecule has 0 heterocycles. The van der Waals surface area contributed by atoms with Crippen LogP contribution in [0.25, 0.3) is 0 Å². The Bertz CT molecular complexity index is 295. The SMILES string of the molecule is CCOc1ccc(C(O)CC(C)OC)cc1. The van der Waals surface area contributed by atoms with Gasteiger partial charge in [-0.2, -0.15) is 0 Å². The molecule has 0 amide bonds. The topological polar surface area (TPSA) is 38.7 Å². The molecule has 3 nitrogen and oxygen atoms in total. The van der Waals surface area contributed by atoms with Crippen molar-refractivity contribution in [2.24, 2.45) is 0 Å². The first kappa shape index (κ1) is 13.0. The molecule has 0 aliphatic carbocycles. The number of rotatable bonds is 6. The van der Waals surface area contributed by atoms with Crippen LogP contribution in [-0.2, 0) is 4.74 Å². The van der Waals surface area contributed by atoms with Crippen molar-refractivity contribution in [2.75, 3.05) is 13.7 Å². The van der Waals surface area contributed by atoms with Crippen molar-refractivity contribution in [3.8, 4) is 5.75 Å². The molecule has 1 N–H and O–H groups in total. The van der Waals surface area contributed by atoms with E-state index in [1.54, 1.807) is 7.11 Å². The summed E-state index contributed by atoms with van der Waals surface area (Å²) in [4.78, 5) is 0. The first-order valence-electron chi connectivity index (χ1n) is 5.61. The molecule has 0 aliphatic heterocycles. The van der Waals surface area contributed by atoms with Gasteiger partial charge in [0.2, 0.25) is 0 Å². The van der Waals surface area contributed by atoms with Gasteiger partial charge in [-0.25, -0.2) is 0 Å². The maximum atomic E-state index is 9.92. The molecule has 1 rings (SSSR count). The predicted molar refractivity (Wildman–Crippen MR) is 63.7 cm³/mol. The molecule has 0 fully saturated rings. The summed E-state index contributed by atoms with van der Waals surface area (Å²) in [5.41, 5.74) is 0.896.